The van der Waals surface area contributed by atoms with Crippen molar-refractivity contribution in [2.24, 2.45) is 17.8 Å². The van der Waals surface area contributed by atoms with Crippen LogP contribution in [0.5, 0.6) is 0 Å². The molecule has 0 spiro atoms. The Kier molecular flexibility index (Phi) is 3.20. The zero-order chi connectivity index (χ0) is 12.5. The minimum Gasteiger partial charge on any atom is -0.382 e. The normalized spacial score (nSPS) is 30.2. The number of rotatable bonds is 4. The molecule has 4 heteroatoms. The highest BCUT2D eigenvalue weighted by Gasteiger charge is 2.39. The minimum atomic E-state index is 0.495. The standard InChI is InChI=1S/C14H22N4/c1-18(9-13-6-17-14(15)7-16-13)8-12-5-10-2-3-11(12)4-10/h6-7,10-12H,2-5,8-9H2,1H3,(H2,15,17). The van der Waals surface area contributed by atoms with Gasteiger partial charge < -0.3 is 10.6 Å². The van der Waals surface area contributed by atoms with E-state index in [2.05, 4.69) is 21.9 Å². The van der Waals surface area contributed by atoms with E-state index in [1.807, 2.05) is 0 Å². The maximum Gasteiger partial charge on any atom is 0.141 e. The van der Waals surface area contributed by atoms with Crippen LogP contribution in [0.15, 0.2) is 12.4 Å². The van der Waals surface area contributed by atoms with Gasteiger partial charge in [0.05, 0.1) is 18.1 Å². The van der Waals surface area contributed by atoms with Gasteiger partial charge in [0, 0.05) is 13.1 Å². The zero-order valence-electron chi connectivity index (χ0n) is 11.0. The summed E-state index contributed by atoms with van der Waals surface area (Å²) in [6, 6.07) is 0. The maximum atomic E-state index is 5.54. The Morgan fingerprint density at radius 1 is 1.28 bits per heavy atom. The molecule has 0 aliphatic heterocycles. The van der Waals surface area contributed by atoms with Crippen LogP contribution in [-0.4, -0.2) is 28.5 Å². The fourth-order valence-electron chi connectivity index (χ4n) is 3.79. The molecular weight excluding hydrogens is 224 g/mol. The van der Waals surface area contributed by atoms with Gasteiger partial charge in [-0.05, 0) is 44.1 Å². The van der Waals surface area contributed by atoms with Crippen LogP contribution in [0.3, 0.4) is 0 Å². The Bertz CT molecular complexity index is 403. The molecule has 3 unspecified atom stereocenters. The second-order valence-corrected chi connectivity index (χ2v) is 6.06. The van der Waals surface area contributed by atoms with Gasteiger partial charge in [0.15, 0.2) is 0 Å². The molecule has 0 aromatic carbocycles. The smallest absolute Gasteiger partial charge is 0.141 e. The van der Waals surface area contributed by atoms with Crippen LogP contribution in [0.25, 0.3) is 0 Å². The third kappa shape index (κ3) is 2.48. The predicted molar refractivity (Wildman–Crippen MR) is 71.7 cm³/mol. The van der Waals surface area contributed by atoms with E-state index < -0.39 is 0 Å². The summed E-state index contributed by atoms with van der Waals surface area (Å²) >= 11 is 0. The fourth-order valence-corrected chi connectivity index (χ4v) is 3.79. The summed E-state index contributed by atoms with van der Waals surface area (Å²) in [7, 11) is 2.18. The summed E-state index contributed by atoms with van der Waals surface area (Å²) < 4.78 is 0. The SMILES string of the molecule is CN(Cc1cnc(N)cn1)CC1CC2CCC1C2. The molecule has 2 aliphatic carbocycles. The number of nitrogens with two attached hydrogens (primary N) is 1. The summed E-state index contributed by atoms with van der Waals surface area (Å²) in [5, 5.41) is 0. The first kappa shape index (κ1) is 11.9. The van der Waals surface area contributed by atoms with Gasteiger partial charge in [-0.2, -0.15) is 0 Å². The molecule has 2 fully saturated rings. The van der Waals surface area contributed by atoms with Gasteiger partial charge in [0.1, 0.15) is 5.82 Å². The van der Waals surface area contributed by atoms with Crippen molar-refractivity contribution < 1.29 is 0 Å². The third-order valence-electron chi connectivity index (χ3n) is 4.59. The van der Waals surface area contributed by atoms with Gasteiger partial charge in [0.25, 0.3) is 0 Å². The van der Waals surface area contributed by atoms with Gasteiger partial charge >= 0.3 is 0 Å². The largest absolute Gasteiger partial charge is 0.382 e. The highest BCUT2D eigenvalue weighted by atomic mass is 15.1. The zero-order valence-corrected chi connectivity index (χ0v) is 11.0. The molecule has 4 nitrogen and oxygen atoms in total. The van der Waals surface area contributed by atoms with Gasteiger partial charge in [-0.15, -0.1) is 0 Å². The molecule has 0 saturated heterocycles. The molecule has 2 bridgehead atoms. The number of nitrogen functional groups attached to an aromatic ring is 1. The second kappa shape index (κ2) is 4.84. The molecule has 2 N–H and O–H groups in total. The highest BCUT2D eigenvalue weighted by molar-refractivity contribution is 5.22. The lowest BCUT2D eigenvalue weighted by molar-refractivity contribution is 0.213. The summed E-state index contributed by atoms with van der Waals surface area (Å²) in [6.07, 6.45) is 9.30. The molecule has 0 amide bonds. The average molecular weight is 246 g/mol. The van der Waals surface area contributed by atoms with Gasteiger partial charge in [0.2, 0.25) is 0 Å². The van der Waals surface area contributed by atoms with Crippen LogP contribution < -0.4 is 5.73 Å². The van der Waals surface area contributed by atoms with E-state index in [9.17, 15) is 0 Å². The lowest BCUT2D eigenvalue weighted by Crippen LogP contribution is -2.28. The molecule has 3 atom stereocenters. The van der Waals surface area contributed by atoms with E-state index >= 15 is 0 Å². The van der Waals surface area contributed by atoms with E-state index in [1.54, 1.807) is 12.4 Å². The summed E-state index contributed by atoms with van der Waals surface area (Å²) in [5.74, 6) is 3.43. The molecule has 1 aromatic heterocycles. The predicted octanol–water partition coefficient (Wildman–Crippen LogP) is 1.93. The van der Waals surface area contributed by atoms with Crippen molar-refractivity contribution in [3.63, 3.8) is 0 Å². The Morgan fingerprint density at radius 2 is 2.17 bits per heavy atom. The van der Waals surface area contributed by atoms with Crippen LogP contribution in [0.2, 0.25) is 0 Å². The van der Waals surface area contributed by atoms with Crippen LogP contribution >= 0.6 is 0 Å². The lowest BCUT2D eigenvalue weighted by Gasteiger charge is -2.26. The Morgan fingerprint density at radius 3 is 2.78 bits per heavy atom. The highest BCUT2D eigenvalue weighted by Crippen LogP contribution is 2.48. The molecule has 2 aliphatic rings. The van der Waals surface area contributed by atoms with Crippen molar-refractivity contribution in [3.8, 4) is 0 Å². The summed E-state index contributed by atoms with van der Waals surface area (Å²) in [6.45, 7) is 2.08. The van der Waals surface area contributed by atoms with Crippen molar-refractivity contribution in [1.82, 2.24) is 14.9 Å². The molecule has 1 aromatic rings. The van der Waals surface area contributed by atoms with Crippen molar-refractivity contribution in [1.29, 1.82) is 0 Å². The van der Waals surface area contributed by atoms with E-state index in [1.165, 1.54) is 32.2 Å². The summed E-state index contributed by atoms with van der Waals surface area (Å²) in [4.78, 5) is 10.8. The molecule has 18 heavy (non-hydrogen) atoms. The number of hydrogen-bond donors (Lipinski definition) is 1. The van der Waals surface area contributed by atoms with Crippen LogP contribution in [0, 0.1) is 17.8 Å². The van der Waals surface area contributed by atoms with E-state index in [-0.39, 0.29) is 0 Å². The first-order valence-corrected chi connectivity index (χ1v) is 6.95. The molecule has 0 radical (unpaired) electrons. The molecule has 98 valence electrons. The van der Waals surface area contributed by atoms with Gasteiger partial charge in [-0.25, -0.2) is 4.98 Å². The van der Waals surface area contributed by atoms with Crippen molar-refractivity contribution in [2.45, 2.75) is 32.2 Å². The number of nitrogens with zero attached hydrogens (tertiary/aromatic N) is 3. The molecule has 3 rings (SSSR count). The van der Waals surface area contributed by atoms with Crippen molar-refractivity contribution >= 4 is 5.82 Å². The number of anilines is 1. The molecule has 2 saturated carbocycles. The third-order valence-corrected chi connectivity index (χ3v) is 4.59. The topological polar surface area (TPSA) is 55.0 Å². The first-order chi connectivity index (χ1) is 8.70. The van der Waals surface area contributed by atoms with Crippen LogP contribution in [0.1, 0.15) is 31.4 Å². The fraction of sp³-hybridized carbons (Fsp3) is 0.714. The van der Waals surface area contributed by atoms with Crippen molar-refractivity contribution in [2.75, 3.05) is 19.3 Å². The number of fused-ring (bicyclic) bond motifs is 2. The van der Waals surface area contributed by atoms with E-state index in [0.717, 1.165) is 30.0 Å². The quantitative estimate of drug-likeness (QED) is 0.882. The average Bonchev–Trinajstić information content (AvgIpc) is 2.94. The Balaban J connectivity index is 1.52. The lowest BCUT2D eigenvalue weighted by atomic mass is 9.88. The number of aromatic nitrogens is 2. The van der Waals surface area contributed by atoms with Crippen molar-refractivity contribution in [3.05, 3.63) is 18.1 Å². The Labute approximate surface area is 109 Å². The van der Waals surface area contributed by atoms with Gasteiger partial charge in [-0.1, -0.05) is 6.42 Å². The minimum absolute atomic E-state index is 0.495. The van der Waals surface area contributed by atoms with E-state index in [4.69, 9.17) is 5.73 Å². The number of hydrogen-bond acceptors (Lipinski definition) is 4. The van der Waals surface area contributed by atoms with Crippen LogP contribution in [-0.2, 0) is 6.54 Å². The molecular formula is C14H22N4. The first-order valence-electron chi connectivity index (χ1n) is 6.95. The van der Waals surface area contributed by atoms with Crippen LogP contribution in [0.4, 0.5) is 5.82 Å². The maximum absolute atomic E-state index is 5.54. The Hall–Kier alpha value is -1.16. The second-order valence-electron chi connectivity index (χ2n) is 6.06. The molecule has 1 heterocycles. The van der Waals surface area contributed by atoms with Gasteiger partial charge in [-0.3, -0.25) is 4.98 Å². The summed E-state index contributed by atoms with van der Waals surface area (Å²) in [5.41, 5.74) is 6.55. The monoisotopic (exact) mass is 246 g/mol. The van der Waals surface area contributed by atoms with E-state index in [0.29, 0.717) is 5.82 Å².